The Balaban J connectivity index is 1.68. The third-order valence-electron chi connectivity index (χ3n) is 3.09. The van der Waals surface area contributed by atoms with Crippen LogP contribution in [-0.2, 0) is 0 Å². The first-order valence-corrected chi connectivity index (χ1v) is 7.64. The summed E-state index contributed by atoms with van der Waals surface area (Å²) in [5.41, 5.74) is 1.25. The molecule has 1 N–H and O–H groups in total. The lowest BCUT2D eigenvalue weighted by Gasteiger charge is -2.12. The second kappa shape index (κ2) is 4.97. The Labute approximate surface area is 119 Å². The summed E-state index contributed by atoms with van der Waals surface area (Å²) in [5, 5.41) is 4.33. The molecule has 18 heavy (non-hydrogen) atoms. The number of anilines is 1. The molecule has 1 aliphatic carbocycles. The second-order valence-corrected chi connectivity index (χ2v) is 6.32. The van der Waals surface area contributed by atoms with Crippen molar-refractivity contribution in [1.29, 1.82) is 0 Å². The molecule has 1 unspecified atom stereocenters. The first-order valence-electron chi connectivity index (χ1n) is 6.08. The van der Waals surface area contributed by atoms with E-state index >= 15 is 0 Å². The highest BCUT2D eigenvalue weighted by atomic mass is 79.9. The van der Waals surface area contributed by atoms with E-state index in [2.05, 4.69) is 61.8 Å². The van der Waals surface area contributed by atoms with Gasteiger partial charge in [0.25, 0.3) is 0 Å². The van der Waals surface area contributed by atoms with Crippen molar-refractivity contribution in [3.05, 3.63) is 40.1 Å². The monoisotopic (exact) mass is 323 g/mol. The van der Waals surface area contributed by atoms with Crippen LogP contribution in [0.3, 0.4) is 0 Å². The molecule has 0 bridgehead atoms. The largest absolute Gasteiger partial charge is 0.354 e. The van der Waals surface area contributed by atoms with Crippen LogP contribution in [-0.4, -0.2) is 9.36 Å². The van der Waals surface area contributed by atoms with Crippen LogP contribution in [0.4, 0.5) is 5.13 Å². The van der Waals surface area contributed by atoms with Crippen LogP contribution in [0.15, 0.2) is 28.7 Å². The molecular formula is C13H14BrN3S. The van der Waals surface area contributed by atoms with Crippen molar-refractivity contribution in [2.24, 2.45) is 0 Å². The molecule has 0 amide bonds. The fourth-order valence-corrected chi connectivity index (χ4v) is 2.82. The van der Waals surface area contributed by atoms with Gasteiger partial charge < -0.3 is 5.32 Å². The summed E-state index contributed by atoms with van der Waals surface area (Å²) in [6.07, 6.45) is 2.50. The number of halogens is 1. The lowest BCUT2D eigenvalue weighted by atomic mass is 10.1. The number of hydrogen-bond donors (Lipinski definition) is 1. The third-order valence-corrected chi connectivity index (χ3v) is 4.28. The maximum atomic E-state index is 4.54. The maximum absolute atomic E-state index is 4.54. The minimum atomic E-state index is 0.248. The Morgan fingerprint density at radius 2 is 2.06 bits per heavy atom. The van der Waals surface area contributed by atoms with E-state index in [4.69, 9.17) is 0 Å². The molecule has 3 rings (SSSR count). The van der Waals surface area contributed by atoms with Crippen molar-refractivity contribution in [3.63, 3.8) is 0 Å². The molecule has 3 nitrogen and oxygen atoms in total. The lowest BCUT2D eigenvalue weighted by Crippen LogP contribution is -2.06. The van der Waals surface area contributed by atoms with E-state index in [-0.39, 0.29) is 6.04 Å². The van der Waals surface area contributed by atoms with Crippen LogP contribution in [0.2, 0.25) is 0 Å². The van der Waals surface area contributed by atoms with E-state index in [1.54, 1.807) is 0 Å². The van der Waals surface area contributed by atoms with Crippen molar-refractivity contribution >= 4 is 32.6 Å². The quantitative estimate of drug-likeness (QED) is 0.908. The number of benzene rings is 1. The molecule has 1 fully saturated rings. The zero-order valence-corrected chi connectivity index (χ0v) is 12.5. The molecule has 0 spiro atoms. The average Bonchev–Trinajstić information content (AvgIpc) is 3.11. The molecule has 1 atom stereocenters. The van der Waals surface area contributed by atoms with Gasteiger partial charge in [-0.3, -0.25) is 0 Å². The van der Waals surface area contributed by atoms with Gasteiger partial charge in [-0.05, 0) is 37.5 Å². The molecule has 1 saturated carbocycles. The molecule has 94 valence electrons. The zero-order valence-electron chi connectivity index (χ0n) is 10.1. The fraction of sp³-hybridized carbons (Fsp3) is 0.385. The summed E-state index contributed by atoms with van der Waals surface area (Å²) >= 11 is 4.91. The van der Waals surface area contributed by atoms with Crippen LogP contribution >= 0.6 is 27.5 Å². The van der Waals surface area contributed by atoms with Crippen LogP contribution in [0.5, 0.6) is 0 Å². The van der Waals surface area contributed by atoms with Crippen LogP contribution < -0.4 is 5.32 Å². The molecule has 1 aliphatic rings. The molecular weight excluding hydrogens is 310 g/mol. The summed E-state index contributed by atoms with van der Waals surface area (Å²) in [7, 11) is 0. The Morgan fingerprint density at radius 3 is 2.72 bits per heavy atom. The van der Waals surface area contributed by atoms with Crippen molar-refractivity contribution < 1.29 is 0 Å². The lowest BCUT2D eigenvalue weighted by molar-refractivity contribution is 0.875. The highest BCUT2D eigenvalue weighted by Crippen LogP contribution is 2.39. The van der Waals surface area contributed by atoms with Crippen LogP contribution in [0, 0.1) is 0 Å². The molecule has 0 saturated heterocycles. The molecule has 1 heterocycles. The highest BCUT2D eigenvalue weighted by molar-refractivity contribution is 9.10. The van der Waals surface area contributed by atoms with Gasteiger partial charge in [-0.1, -0.05) is 28.1 Å². The third kappa shape index (κ3) is 2.72. The standard InChI is InChI=1S/C13H14BrN3S/c1-8(9-4-6-11(14)7-5-9)15-13-16-12(17-18-13)10-2-3-10/h4-8,10H,2-3H2,1H3,(H,15,16,17). The van der Waals surface area contributed by atoms with E-state index in [1.165, 1.54) is 29.9 Å². The minimum absolute atomic E-state index is 0.248. The van der Waals surface area contributed by atoms with E-state index in [0.717, 1.165) is 15.4 Å². The van der Waals surface area contributed by atoms with Crippen molar-refractivity contribution in [2.75, 3.05) is 5.32 Å². The summed E-state index contributed by atoms with van der Waals surface area (Å²) in [6, 6.07) is 8.60. The smallest absolute Gasteiger partial charge is 0.203 e. The van der Waals surface area contributed by atoms with Crippen LogP contribution in [0.25, 0.3) is 0 Å². The summed E-state index contributed by atoms with van der Waals surface area (Å²) in [6.45, 7) is 2.14. The predicted molar refractivity (Wildman–Crippen MR) is 78.1 cm³/mol. The van der Waals surface area contributed by atoms with E-state index in [9.17, 15) is 0 Å². The number of hydrogen-bond acceptors (Lipinski definition) is 4. The first kappa shape index (κ1) is 12.1. The Hall–Kier alpha value is -0.940. The van der Waals surface area contributed by atoms with Gasteiger partial charge >= 0.3 is 0 Å². The zero-order chi connectivity index (χ0) is 12.5. The highest BCUT2D eigenvalue weighted by Gasteiger charge is 2.27. The summed E-state index contributed by atoms with van der Waals surface area (Å²) in [4.78, 5) is 4.54. The topological polar surface area (TPSA) is 37.8 Å². The molecule has 5 heteroatoms. The number of nitrogens with one attached hydrogen (secondary N) is 1. The molecule has 0 radical (unpaired) electrons. The molecule has 1 aromatic heterocycles. The molecule has 2 aromatic rings. The Kier molecular flexibility index (Phi) is 3.35. The Morgan fingerprint density at radius 1 is 1.33 bits per heavy atom. The molecule has 0 aliphatic heterocycles. The van der Waals surface area contributed by atoms with Crippen LogP contribution in [0.1, 0.15) is 43.1 Å². The van der Waals surface area contributed by atoms with E-state index in [0.29, 0.717) is 5.92 Å². The maximum Gasteiger partial charge on any atom is 0.203 e. The minimum Gasteiger partial charge on any atom is -0.354 e. The van der Waals surface area contributed by atoms with Gasteiger partial charge in [-0.15, -0.1) is 0 Å². The van der Waals surface area contributed by atoms with Gasteiger partial charge in [-0.2, -0.15) is 4.37 Å². The number of rotatable bonds is 4. The second-order valence-electron chi connectivity index (χ2n) is 4.65. The van der Waals surface area contributed by atoms with Crippen molar-refractivity contribution in [1.82, 2.24) is 9.36 Å². The van der Waals surface area contributed by atoms with Gasteiger partial charge in [0.15, 0.2) is 0 Å². The first-order chi connectivity index (χ1) is 8.72. The van der Waals surface area contributed by atoms with Gasteiger partial charge in [0.05, 0.1) is 6.04 Å². The SMILES string of the molecule is CC(Nc1nc(C2CC2)ns1)c1ccc(Br)cc1. The summed E-state index contributed by atoms with van der Waals surface area (Å²) in [5.74, 6) is 1.64. The van der Waals surface area contributed by atoms with Gasteiger partial charge in [0, 0.05) is 21.9 Å². The van der Waals surface area contributed by atoms with E-state index in [1.807, 2.05) is 0 Å². The van der Waals surface area contributed by atoms with Crippen molar-refractivity contribution in [3.8, 4) is 0 Å². The summed E-state index contributed by atoms with van der Waals surface area (Å²) < 4.78 is 5.50. The number of aromatic nitrogens is 2. The Bertz CT molecular complexity index is 533. The van der Waals surface area contributed by atoms with Crippen molar-refractivity contribution in [2.45, 2.75) is 31.7 Å². The molecule has 1 aromatic carbocycles. The normalized spacial score (nSPS) is 16.6. The number of nitrogens with zero attached hydrogens (tertiary/aromatic N) is 2. The predicted octanol–water partition coefficient (Wildman–Crippen LogP) is 4.35. The fourth-order valence-electron chi connectivity index (χ4n) is 1.82. The van der Waals surface area contributed by atoms with E-state index < -0.39 is 0 Å². The van der Waals surface area contributed by atoms with Gasteiger partial charge in [0.2, 0.25) is 5.13 Å². The van der Waals surface area contributed by atoms with Gasteiger partial charge in [-0.25, -0.2) is 4.98 Å². The average molecular weight is 324 g/mol. The van der Waals surface area contributed by atoms with Gasteiger partial charge in [0.1, 0.15) is 5.82 Å².